The number of fused-ring (bicyclic) bond motifs is 1. The van der Waals surface area contributed by atoms with Crippen LogP contribution in [0.25, 0.3) is 10.9 Å². The van der Waals surface area contributed by atoms with Crippen LogP contribution in [-0.4, -0.2) is 63.6 Å². The number of carboxylic acid groups (broad SMARTS) is 1. The molecule has 6 nitrogen and oxygen atoms in total. The molecule has 1 atom stereocenters. The normalized spacial score (nSPS) is 17.0. The Hall–Kier alpha value is -2.70. The van der Waals surface area contributed by atoms with Crippen LogP contribution < -0.4 is 0 Å². The van der Waals surface area contributed by atoms with Crippen LogP contribution >= 0.6 is 0 Å². The quantitative estimate of drug-likeness (QED) is 0.690. The number of nitrogens with zero attached hydrogens (tertiary/aromatic N) is 3. The number of aliphatic carboxylic acids is 1. The SMILES string of the molecule is Cc1ccc2[nH]cc([C@@H](C(=O)O)N3CCN(CCc4ccncc4)CC3)c2c1. The zero-order chi connectivity index (χ0) is 19.5. The van der Waals surface area contributed by atoms with E-state index in [1.807, 2.05) is 37.6 Å². The van der Waals surface area contributed by atoms with Crippen LogP contribution in [0.5, 0.6) is 0 Å². The first-order chi connectivity index (χ1) is 13.6. The van der Waals surface area contributed by atoms with Crippen molar-refractivity contribution >= 4 is 16.9 Å². The van der Waals surface area contributed by atoms with Gasteiger partial charge in [0.2, 0.25) is 0 Å². The molecule has 0 aliphatic carbocycles. The fourth-order valence-electron chi connectivity index (χ4n) is 4.05. The van der Waals surface area contributed by atoms with E-state index in [2.05, 4.69) is 38.0 Å². The van der Waals surface area contributed by atoms with Crippen LogP contribution in [0.15, 0.2) is 48.9 Å². The monoisotopic (exact) mass is 378 g/mol. The number of H-pyrrole nitrogens is 1. The van der Waals surface area contributed by atoms with E-state index in [9.17, 15) is 9.90 Å². The lowest BCUT2D eigenvalue weighted by atomic mass is 10.0. The van der Waals surface area contributed by atoms with E-state index in [4.69, 9.17) is 0 Å². The summed E-state index contributed by atoms with van der Waals surface area (Å²) in [4.78, 5) is 23.9. The van der Waals surface area contributed by atoms with Crippen LogP contribution in [0.2, 0.25) is 0 Å². The van der Waals surface area contributed by atoms with E-state index in [1.165, 1.54) is 5.56 Å². The predicted octanol–water partition coefficient (Wildman–Crippen LogP) is 2.86. The van der Waals surface area contributed by atoms with Crippen LogP contribution in [-0.2, 0) is 11.2 Å². The molecule has 28 heavy (non-hydrogen) atoms. The Morgan fingerprint density at radius 2 is 1.93 bits per heavy atom. The molecular formula is C22H26N4O2. The molecule has 1 aliphatic heterocycles. The lowest BCUT2D eigenvalue weighted by molar-refractivity contribution is -0.144. The summed E-state index contributed by atoms with van der Waals surface area (Å²) in [5.41, 5.74) is 4.27. The summed E-state index contributed by atoms with van der Waals surface area (Å²) in [6.45, 7) is 6.31. The largest absolute Gasteiger partial charge is 0.480 e. The Morgan fingerprint density at radius 3 is 2.64 bits per heavy atom. The Kier molecular flexibility index (Phi) is 5.41. The molecule has 0 amide bonds. The van der Waals surface area contributed by atoms with Crippen LogP contribution in [0.1, 0.15) is 22.7 Å². The maximum absolute atomic E-state index is 12.1. The highest BCUT2D eigenvalue weighted by atomic mass is 16.4. The minimum absolute atomic E-state index is 0.613. The number of aromatic amines is 1. The number of hydrogen-bond donors (Lipinski definition) is 2. The zero-order valence-electron chi connectivity index (χ0n) is 16.1. The topological polar surface area (TPSA) is 72.5 Å². The van der Waals surface area contributed by atoms with Gasteiger partial charge in [-0.15, -0.1) is 0 Å². The third-order valence-electron chi connectivity index (χ3n) is 5.64. The molecule has 0 radical (unpaired) electrons. The van der Waals surface area contributed by atoms with Crippen molar-refractivity contribution in [2.45, 2.75) is 19.4 Å². The zero-order valence-corrected chi connectivity index (χ0v) is 16.1. The van der Waals surface area contributed by atoms with Crippen LogP contribution in [0.4, 0.5) is 0 Å². The van der Waals surface area contributed by atoms with Gasteiger partial charge in [-0.3, -0.25) is 14.7 Å². The van der Waals surface area contributed by atoms with Crippen molar-refractivity contribution in [3.05, 3.63) is 65.6 Å². The molecule has 146 valence electrons. The number of piperazine rings is 1. The van der Waals surface area contributed by atoms with Crippen LogP contribution in [0.3, 0.4) is 0 Å². The number of rotatable bonds is 6. The third-order valence-corrected chi connectivity index (χ3v) is 5.64. The van der Waals surface area contributed by atoms with Crippen molar-refractivity contribution in [2.75, 3.05) is 32.7 Å². The number of benzene rings is 1. The molecule has 3 heterocycles. The summed E-state index contributed by atoms with van der Waals surface area (Å²) in [5.74, 6) is -0.785. The number of carbonyl (C=O) groups is 1. The van der Waals surface area contributed by atoms with Crippen molar-refractivity contribution in [3.8, 4) is 0 Å². The van der Waals surface area contributed by atoms with Gasteiger partial charge in [0.25, 0.3) is 0 Å². The van der Waals surface area contributed by atoms with E-state index < -0.39 is 12.0 Å². The molecule has 6 heteroatoms. The minimum atomic E-state index is -0.785. The summed E-state index contributed by atoms with van der Waals surface area (Å²) >= 11 is 0. The molecule has 0 saturated carbocycles. The smallest absolute Gasteiger partial charge is 0.325 e. The molecule has 1 aliphatic rings. The summed E-state index contributed by atoms with van der Waals surface area (Å²) in [6, 6.07) is 9.62. The van der Waals surface area contributed by atoms with E-state index in [0.717, 1.165) is 61.2 Å². The maximum Gasteiger partial charge on any atom is 0.325 e. The van der Waals surface area contributed by atoms with Gasteiger partial charge in [-0.2, -0.15) is 0 Å². The molecule has 2 N–H and O–H groups in total. The highest BCUT2D eigenvalue weighted by Crippen LogP contribution is 2.30. The molecule has 1 saturated heterocycles. The molecule has 4 rings (SSSR count). The first-order valence-corrected chi connectivity index (χ1v) is 9.77. The van der Waals surface area contributed by atoms with Crippen molar-refractivity contribution in [1.82, 2.24) is 19.8 Å². The summed E-state index contributed by atoms with van der Waals surface area (Å²) in [5, 5.41) is 11.0. The standard InChI is InChI=1S/C22H26N4O2/c1-16-2-3-20-18(14-16)19(15-24-20)21(22(27)28)26-12-10-25(11-13-26)9-6-17-4-7-23-8-5-17/h2-5,7-8,14-15,21,24H,6,9-13H2,1H3,(H,27,28)/t21-/m0/s1. The molecule has 3 aromatic rings. The first kappa shape index (κ1) is 18.7. The second kappa shape index (κ2) is 8.12. The second-order valence-electron chi connectivity index (χ2n) is 7.52. The number of aryl methyl sites for hydroxylation is 1. The summed E-state index contributed by atoms with van der Waals surface area (Å²) in [7, 11) is 0. The number of nitrogens with one attached hydrogen (secondary N) is 1. The Bertz CT molecular complexity index is 946. The second-order valence-corrected chi connectivity index (χ2v) is 7.52. The van der Waals surface area contributed by atoms with E-state index in [1.54, 1.807) is 0 Å². The molecule has 1 aromatic carbocycles. The average molecular weight is 378 g/mol. The van der Waals surface area contributed by atoms with Gasteiger partial charge in [0.1, 0.15) is 6.04 Å². The van der Waals surface area contributed by atoms with Crippen molar-refractivity contribution in [2.24, 2.45) is 0 Å². The van der Waals surface area contributed by atoms with Gasteiger partial charge < -0.3 is 15.0 Å². The fraction of sp³-hybridized carbons (Fsp3) is 0.364. The molecular weight excluding hydrogens is 352 g/mol. The van der Waals surface area contributed by atoms with Crippen molar-refractivity contribution in [3.63, 3.8) is 0 Å². The number of hydrogen-bond acceptors (Lipinski definition) is 4. The summed E-state index contributed by atoms with van der Waals surface area (Å²) < 4.78 is 0. The lowest BCUT2D eigenvalue weighted by Gasteiger charge is -2.37. The number of aromatic nitrogens is 2. The van der Waals surface area contributed by atoms with Gasteiger partial charge in [0, 0.05) is 67.8 Å². The van der Waals surface area contributed by atoms with E-state index >= 15 is 0 Å². The summed E-state index contributed by atoms with van der Waals surface area (Å²) in [6.07, 6.45) is 6.51. The molecule has 0 bridgehead atoms. The highest BCUT2D eigenvalue weighted by Gasteiger charge is 2.32. The number of pyridine rings is 1. The Balaban J connectivity index is 1.44. The molecule has 0 spiro atoms. The molecule has 2 aromatic heterocycles. The highest BCUT2D eigenvalue weighted by molar-refractivity contribution is 5.89. The van der Waals surface area contributed by atoms with Gasteiger partial charge in [-0.05, 0) is 43.2 Å². The predicted molar refractivity (Wildman–Crippen MR) is 109 cm³/mol. The van der Waals surface area contributed by atoms with Crippen LogP contribution in [0, 0.1) is 6.92 Å². The maximum atomic E-state index is 12.1. The van der Waals surface area contributed by atoms with Crippen molar-refractivity contribution in [1.29, 1.82) is 0 Å². The first-order valence-electron chi connectivity index (χ1n) is 9.77. The molecule has 1 fully saturated rings. The molecule has 0 unspecified atom stereocenters. The minimum Gasteiger partial charge on any atom is -0.480 e. The number of carboxylic acids is 1. The van der Waals surface area contributed by atoms with Gasteiger partial charge in [-0.1, -0.05) is 11.6 Å². The van der Waals surface area contributed by atoms with Gasteiger partial charge in [-0.25, -0.2) is 0 Å². The van der Waals surface area contributed by atoms with Gasteiger partial charge >= 0.3 is 5.97 Å². The Morgan fingerprint density at radius 1 is 1.18 bits per heavy atom. The van der Waals surface area contributed by atoms with Gasteiger partial charge in [0.05, 0.1) is 0 Å². The fourth-order valence-corrected chi connectivity index (χ4v) is 4.05. The van der Waals surface area contributed by atoms with E-state index in [-0.39, 0.29) is 0 Å². The van der Waals surface area contributed by atoms with Crippen molar-refractivity contribution < 1.29 is 9.90 Å². The average Bonchev–Trinajstić information content (AvgIpc) is 3.11. The Labute approximate surface area is 164 Å². The lowest BCUT2D eigenvalue weighted by Crippen LogP contribution is -2.49. The van der Waals surface area contributed by atoms with Gasteiger partial charge in [0.15, 0.2) is 0 Å². The van der Waals surface area contributed by atoms with E-state index in [0.29, 0.717) is 0 Å². The third kappa shape index (κ3) is 3.93.